The molecule has 2 rings (SSSR count). The summed E-state index contributed by atoms with van der Waals surface area (Å²) < 4.78 is 30.5. The van der Waals surface area contributed by atoms with Gasteiger partial charge in [-0.25, -0.2) is 0 Å². The van der Waals surface area contributed by atoms with E-state index in [9.17, 15) is 18.5 Å². The molecular formula is C12H16N2O5S. The van der Waals surface area contributed by atoms with Gasteiger partial charge in [-0.15, -0.1) is 0 Å². The first-order chi connectivity index (χ1) is 9.38. The van der Waals surface area contributed by atoms with E-state index in [4.69, 9.17) is 4.18 Å². The highest BCUT2D eigenvalue weighted by atomic mass is 32.2. The highest BCUT2D eigenvalue weighted by Gasteiger charge is 2.28. The average molecular weight is 300 g/mol. The number of benzene rings is 1. The topological polar surface area (TPSA) is 89.8 Å². The van der Waals surface area contributed by atoms with E-state index in [1.54, 1.807) is 0 Å². The van der Waals surface area contributed by atoms with Gasteiger partial charge in [0.15, 0.2) is 0 Å². The summed E-state index contributed by atoms with van der Waals surface area (Å²) in [5, 5.41) is 10.5. The third kappa shape index (κ3) is 3.45. The van der Waals surface area contributed by atoms with Gasteiger partial charge in [-0.1, -0.05) is 6.92 Å². The number of piperidine rings is 1. The Morgan fingerprint density at radius 1 is 1.35 bits per heavy atom. The fourth-order valence-electron chi connectivity index (χ4n) is 2.15. The highest BCUT2D eigenvalue weighted by molar-refractivity contribution is 7.84. The summed E-state index contributed by atoms with van der Waals surface area (Å²) in [6.45, 7) is 2.88. The zero-order chi connectivity index (χ0) is 14.8. The number of nitro benzene ring substituents is 1. The Bertz CT molecular complexity index is 584. The van der Waals surface area contributed by atoms with Gasteiger partial charge >= 0.3 is 10.3 Å². The third-order valence-electron chi connectivity index (χ3n) is 3.19. The Hall–Kier alpha value is -1.67. The van der Waals surface area contributed by atoms with Crippen LogP contribution in [0.1, 0.15) is 19.8 Å². The minimum Gasteiger partial charge on any atom is -0.371 e. The van der Waals surface area contributed by atoms with Crippen molar-refractivity contribution in [2.24, 2.45) is 5.92 Å². The number of rotatable bonds is 4. The lowest BCUT2D eigenvalue weighted by molar-refractivity contribution is -0.384. The quantitative estimate of drug-likeness (QED) is 0.626. The Morgan fingerprint density at radius 2 is 2.00 bits per heavy atom. The largest absolute Gasteiger partial charge is 0.385 e. The molecule has 7 nitrogen and oxygen atoms in total. The summed E-state index contributed by atoms with van der Waals surface area (Å²) in [6.07, 6.45) is 1.81. The summed E-state index contributed by atoms with van der Waals surface area (Å²) in [6, 6.07) is 4.99. The molecule has 110 valence electrons. The molecule has 20 heavy (non-hydrogen) atoms. The van der Waals surface area contributed by atoms with Crippen LogP contribution in [-0.4, -0.2) is 30.7 Å². The molecule has 1 aliphatic rings. The lowest BCUT2D eigenvalue weighted by atomic mass is 10.0. The average Bonchev–Trinajstić information content (AvgIpc) is 2.39. The van der Waals surface area contributed by atoms with Crippen LogP contribution in [0.5, 0.6) is 5.75 Å². The molecule has 1 aliphatic heterocycles. The minimum atomic E-state index is -3.84. The predicted octanol–water partition coefficient (Wildman–Crippen LogP) is 1.95. The molecule has 0 spiro atoms. The van der Waals surface area contributed by atoms with Crippen LogP contribution in [0.4, 0.5) is 5.69 Å². The number of non-ortho nitro benzene ring substituents is 1. The van der Waals surface area contributed by atoms with Gasteiger partial charge in [0.05, 0.1) is 4.92 Å². The number of hydrogen-bond acceptors (Lipinski definition) is 5. The van der Waals surface area contributed by atoms with Crippen LogP contribution in [0.15, 0.2) is 24.3 Å². The Morgan fingerprint density at radius 3 is 2.55 bits per heavy atom. The summed E-state index contributed by atoms with van der Waals surface area (Å²) in [5.74, 6) is 0.382. The van der Waals surface area contributed by atoms with Gasteiger partial charge in [0.2, 0.25) is 0 Å². The molecule has 1 heterocycles. The van der Waals surface area contributed by atoms with Crippen molar-refractivity contribution in [1.29, 1.82) is 0 Å². The molecule has 8 heteroatoms. The van der Waals surface area contributed by atoms with Crippen molar-refractivity contribution in [3.8, 4) is 5.75 Å². The molecule has 1 saturated heterocycles. The molecule has 0 unspecified atom stereocenters. The summed E-state index contributed by atoms with van der Waals surface area (Å²) >= 11 is 0. The maximum Gasteiger partial charge on any atom is 0.385 e. The molecule has 0 radical (unpaired) electrons. The molecule has 0 bridgehead atoms. The molecule has 1 fully saturated rings. The van der Waals surface area contributed by atoms with Crippen molar-refractivity contribution in [3.05, 3.63) is 34.4 Å². The van der Waals surface area contributed by atoms with Gasteiger partial charge in [0.1, 0.15) is 5.75 Å². The van der Waals surface area contributed by atoms with Crippen LogP contribution in [0, 0.1) is 16.0 Å². The van der Waals surface area contributed by atoms with Crippen molar-refractivity contribution in [2.75, 3.05) is 13.1 Å². The van der Waals surface area contributed by atoms with Gasteiger partial charge in [0, 0.05) is 25.2 Å². The van der Waals surface area contributed by atoms with E-state index in [1.165, 1.54) is 28.6 Å². The number of hydrogen-bond donors (Lipinski definition) is 0. The maximum absolute atomic E-state index is 12.1. The highest BCUT2D eigenvalue weighted by Crippen LogP contribution is 2.23. The molecule has 0 amide bonds. The molecule has 1 aromatic rings. The Kier molecular flexibility index (Phi) is 4.24. The third-order valence-corrected chi connectivity index (χ3v) is 4.55. The zero-order valence-corrected chi connectivity index (χ0v) is 11.9. The van der Waals surface area contributed by atoms with E-state index in [2.05, 4.69) is 0 Å². The first kappa shape index (κ1) is 14.7. The van der Waals surface area contributed by atoms with Crippen molar-refractivity contribution >= 4 is 16.0 Å². The number of nitrogens with zero attached hydrogens (tertiary/aromatic N) is 2. The fourth-order valence-corrected chi connectivity index (χ4v) is 3.40. The normalized spacial score (nSPS) is 20.6. The van der Waals surface area contributed by atoms with Gasteiger partial charge in [-0.2, -0.15) is 12.7 Å². The lowest BCUT2D eigenvalue weighted by Crippen LogP contribution is -2.41. The summed E-state index contributed by atoms with van der Waals surface area (Å²) in [4.78, 5) is 9.97. The van der Waals surface area contributed by atoms with Crippen LogP contribution in [0.3, 0.4) is 0 Å². The van der Waals surface area contributed by atoms with Gasteiger partial charge in [0.25, 0.3) is 5.69 Å². The standard InChI is InChI=1S/C12H16N2O5S/c1-10-3-2-8-13(9-10)20(17,18)19-12-6-4-11(5-7-12)14(15)16/h4-7,10H,2-3,8-9H2,1H3/t10-/m1/s1. The fraction of sp³-hybridized carbons (Fsp3) is 0.500. The van der Waals surface area contributed by atoms with E-state index in [1.807, 2.05) is 6.92 Å². The predicted molar refractivity (Wildman–Crippen MR) is 72.6 cm³/mol. The Labute approximate surface area is 117 Å². The minimum absolute atomic E-state index is 0.0776. The maximum atomic E-state index is 12.1. The first-order valence-electron chi connectivity index (χ1n) is 6.32. The SMILES string of the molecule is C[C@@H]1CCCN(S(=O)(=O)Oc2ccc([N+](=O)[O-])cc2)C1. The van der Waals surface area contributed by atoms with Crippen molar-refractivity contribution < 1.29 is 17.5 Å². The first-order valence-corrected chi connectivity index (χ1v) is 7.69. The van der Waals surface area contributed by atoms with Gasteiger partial charge in [-0.3, -0.25) is 10.1 Å². The van der Waals surface area contributed by atoms with E-state index in [-0.39, 0.29) is 11.4 Å². The molecule has 1 aromatic carbocycles. The monoisotopic (exact) mass is 300 g/mol. The van der Waals surface area contributed by atoms with Crippen LogP contribution in [-0.2, 0) is 10.3 Å². The molecule has 1 atom stereocenters. The lowest BCUT2D eigenvalue weighted by Gasteiger charge is -2.29. The smallest absolute Gasteiger partial charge is 0.371 e. The van der Waals surface area contributed by atoms with E-state index >= 15 is 0 Å². The van der Waals surface area contributed by atoms with E-state index in [0.717, 1.165) is 12.8 Å². The summed E-state index contributed by atoms with van der Waals surface area (Å²) in [7, 11) is -3.84. The zero-order valence-electron chi connectivity index (χ0n) is 11.1. The van der Waals surface area contributed by atoms with Crippen LogP contribution in [0.25, 0.3) is 0 Å². The van der Waals surface area contributed by atoms with Crippen LogP contribution in [0.2, 0.25) is 0 Å². The van der Waals surface area contributed by atoms with E-state index < -0.39 is 15.2 Å². The second-order valence-electron chi connectivity index (χ2n) is 4.90. The molecule has 0 N–H and O–H groups in total. The summed E-state index contributed by atoms with van der Waals surface area (Å²) in [5.41, 5.74) is -0.110. The van der Waals surface area contributed by atoms with Gasteiger partial charge < -0.3 is 4.18 Å². The second-order valence-corrected chi connectivity index (χ2v) is 6.44. The van der Waals surface area contributed by atoms with Crippen molar-refractivity contribution in [3.63, 3.8) is 0 Å². The molecule has 0 saturated carbocycles. The van der Waals surface area contributed by atoms with Crippen LogP contribution >= 0.6 is 0 Å². The molecule has 0 aliphatic carbocycles. The molecule has 0 aromatic heterocycles. The number of nitro groups is 1. The molecular weight excluding hydrogens is 284 g/mol. The van der Waals surface area contributed by atoms with Crippen LogP contribution < -0.4 is 4.18 Å². The van der Waals surface area contributed by atoms with Gasteiger partial charge in [-0.05, 0) is 30.9 Å². The Balaban J connectivity index is 2.09. The second kappa shape index (κ2) is 5.76. The van der Waals surface area contributed by atoms with E-state index in [0.29, 0.717) is 19.0 Å². The van der Waals surface area contributed by atoms with Crippen molar-refractivity contribution in [1.82, 2.24) is 4.31 Å². The van der Waals surface area contributed by atoms with Crippen molar-refractivity contribution in [2.45, 2.75) is 19.8 Å².